The lowest BCUT2D eigenvalue weighted by Crippen LogP contribution is -2.30. The molecule has 0 saturated heterocycles. The highest BCUT2D eigenvalue weighted by Crippen LogP contribution is 2.27. The number of benzene rings is 2. The number of primary amides is 1. The van der Waals surface area contributed by atoms with Gasteiger partial charge in [0.2, 0.25) is 11.0 Å². The molecule has 1 aromatic heterocycles. The standard InChI is InChI=1S/C18H19N5OS/c19-11-15(10-12-4-2-1-3-5-12)21-18-23-22-17(25-18)14-8-6-13(7-9-14)16(20)24/h1-9,15H,10-11,19H2,(H2,20,24)(H,21,23). The van der Waals surface area contributed by atoms with E-state index in [1.165, 1.54) is 16.9 Å². The molecule has 6 nitrogen and oxygen atoms in total. The van der Waals surface area contributed by atoms with Crippen molar-refractivity contribution in [3.63, 3.8) is 0 Å². The average Bonchev–Trinajstić information content (AvgIpc) is 3.10. The fraction of sp³-hybridized carbons (Fsp3) is 0.167. The summed E-state index contributed by atoms with van der Waals surface area (Å²) in [6.45, 7) is 0.497. The summed E-state index contributed by atoms with van der Waals surface area (Å²) in [7, 11) is 0. The lowest BCUT2D eigenvalue weighted by atomic mass is 10.1. The topological polar surface area (TPSA) is 107 Å². The Balaban J connectivity index is 1.69. The van der Waals surface area contributed by atoms with Crippen LogP contribution in [0.15, 0.2) is 54.6 Å². The van der Waals surface area contributed by atoms with E-state index in [9.17, 15) is 4.79 Å². The summed E-state index contributed by atoms with van der Waals surface area (Å²) >= 11 is 1.45. The van der Waals surface area contributed by atoms with Gasteiger partial charge in [-0.3, -0.25) is 4.79 Å². The van der Waals surface area contributed by atoms with Crippen LogP contribution in [0.25, 0.3) is 10.6 Å². The number of rotatable bonds is 7. The molecule has 0 saturated carbocycles. The van der Waals surface area contributed by atoms with Crippen molar-refractivity contribution < 1.29 is 4.79 Å². The molecule has 7 heteroatoms. The summed E-state index contributed by atoms with van der Waals surface area (Å²) in [6, 6.07) is 17.3. The minimum atomic E-state index is -0.446. The molecular weight excluding hydrogens is 334 g/mol. The maximum atomic E-state index is 11.1. The molecule has 0 aliphatic carbocycles. The number of amides is 1. The molecular formula is C18H19N5OS. The molecule has 2 aromatic carbocycles. The molecule has 0 fully saturated rings. The van der Waals surface area contributed by atoms with Gasteiger partial charge in [0.25, 0.3) is 0 Å². The van der Waals surface area contributed by atoms with Crippen molar-refractivity contribution in [1.29, 1.82) is 0 Å². The zero-order chi connectivity index (χ0) is 17.6. The van der Waals surface area contributed by atoms with E-state index in [0.29, 0.717) is 12.1 Å². The van der Waals surface area contributed by atoms with Crippen LogP contribution in [0.3, 0.4) is 0 Å². The van der Waals surface area contributed by atoms with Crippen LogP contribution in [0.1, 0.15) is 15.9 Å². The number of nitrogens with zero attached hydrogens (tertiary/aromatic N) is 2. The van der Waals surface area contributed by atoms with Gasteiger partial charge in [-0.25, -0.2) is 0 Å². The van der Waals surface area contributed by atoms with Gasteiger partial charge < -0.3 is 16.8 Å². The van der Waals surface area contributed by atoms with Gasteiger partial charge in [0.15, 0.2) is 0 Å². The van der Waals surface area contributed by atoms with Crippen LogP contribution in [-0.2, 0) is 6.42 Å². The molecule has 0 bridgehead atoms. The number of carbonyl (C=O) groups is 1. The quantitative estimate of drug-likeness (QED) is 0.604. The van der Waals surface area contributed by atoms with E-state index in [2.05, 4.69) is 27.6 Å². The number of hydrogen-bond donors (Lipinski definition) is 3. The highest BCUT2D eigenvalue weighted by molar-refractivity contribution is 7.18. The van der Waals surface area contributed by atoms with Crippen molar-refractivity contribution >= 4 is 22.4 Å². The Labute approximate surface area is 149 Å². The van der Waals surface area contributed by atoms with Crippen molar-refractivity contribution in [3.05, 3.63) is 65.7 Å². The predicted octanol–water partition coefficient (Wildman–Crippen LogP) is 2.29. The molecule has 0 aliphatic rings. The summed E-state index contributed by atoms with van der Waals surface area (Å²) in [5.74, 6) is -0.446. The fourth-order valence-corrected chi connectivity index (χ4v) is 3.27. The highest BCUT2D eigenvalue weighted by atomic mass is 32.1. The van der Waals surface area contributed by atoms with Crippen molar-refractivity contribution in [1.82, 2.24) is 10.2 Å². The second-order valence-corrected chi connectivity index (χ2v) is 6.60. The Kier molecular flexibility index (Phi) is 5.37. The smallest absolute Gasteiger partial charge is 0.248 e. The molecule has 0 aliphatic heterocycles. The Hall–Kier alpha value is -2.77. The first-order valence-corrected chi connectivity index (χ1v) is 8.71. The normalized spacial score (nSPS) is 11.9. The number of nitrogens with one attached hydrogen (secondary N) is 1. The second-order valence-electron chi connectivity index (χ2n) is 5.62. The summed E-state index contributed by atoms with van der Waals surface area (Å²) in [5.41, 5.74) is 13.7. The first-order valence-electron chi connectivity index (χ1n) is 7.90. The first kappa shape index (κ1) is 17.1. The van der Waals surface area contributed by atoms with Crippen molar-refractivity contribution in [2.45, 2.75) is 12.5 Å². The maximum Gasteiger partial charge on any atom is 0.248 e. The molecule has 1 atom stereocenters. The molecule has 0 radical (unpaired) electrons. The first-order chi connectivity index (χ1) is 12.2. The van der Waals surface area contributed by atoms with E-state index in [-0.39, 0.29) is 6.04 Å². The van der Waals surface area contributed by atoms with Gasteiger partial charge in [-0.05, 0) is 24.1 Å². The van der Waals surface area contributed by atoms with Gasteiger partial charge in [0, 0.05) is 23.7 Å². The minimum Gasteiger partial charge on any atom is -0.366 e. The van der Waals surface area contributed by atoms with E-state index in [1.54, 1.807) is 12.1 Å². The molecule has 5 N–H and O–H groups in total. The zero-order valence-electron chi connectivity index (χ0n) is 13.6. The molecule has 1 unspecified atom stereocenters. The number of aromatic nitrogens is 2. The summed E-state index contributed by atoms with van der Waals surface area (Å²) < 4.78 is 0. The second kappa shape index (κ2) is 7.87. The summed E-state index contributed by atoms with van der Waals surface area (Å²) in [6.07, 6.45) is 0.819. The van der Waals surface area contributed by atoms with Gasteiger partial charge in [0.05, 0.1) is 0 Å². The van der Waals surface area contributed by atoms with Gasteiger partial charge in [0.1, 0.15) is 5.01 Å². The third-order valence-corrected chi connectivity index (χ3v) is 4.68. The zero-order valence-corrected chi connectivity index (χ0v) is 14.4. The number of anilines is 1. The van der Waals surface area contributed by atoms with E-state index in [4.69, 9.17) is 11.5 Å². The van der Waals surface area contributed by atoms with Crippen molar-refractivity contribution in [2.75, 3.05) is 11.9 Å². The largest absolute Gasteiger partial charge is 0.366 e. The predicted molar refractivity (Wildman–Crippen MR) is 100 cm³/mol. The number of hydrogen-bond acceptors (Lipinski definition) is 6. The molecule has 3 aromatic rings. The van der Waals surface area contributed by atoms with Gasteiger partial charge >= 0.3 is 0 Å². The third kappa shape index (κ3) is 4.40. The lowest BCUT2D eigenvalue weighted by molar-refractivity contribution is 0.100. The molecule has 3 rings (SSSR count). The SMILES string of the molecule is NCC(Cc1ccccc1)Nc1nnc(-c2ccc(C(N)=O)cc2)s1. The molecule has 128 valence electrons. The van der Waals surface area contributed by atoms with Gasteiger partial charge in [-0.1, -0.05) is 53.8 Å². The van der Waals surface area contributed by atoms with Crippen LogP contribution in [-0.4, -0.2) is 28.7 Å². The van der Waals surface area contributed by atoms with Crippen LogP contribution in [0.4, 0.5) is 5.13 Å². The van der Waals surface area contributed by atoms with Gasteiger partial charge in [-0.2, -0.15) is 0 Å². The van der Waals surface area contributed by atoms with E-state index in [1.807, 2.05) is 30.3 Å². The average molecular weight is 353 g/mol. The lowest BCUT2D eigenvalue weighted by Gasteiger charge is -2.15. The van der Waals surface area contributed by atoms with E-state index >= 15 is 0 Å². The van der Waals surface area contributed by atoms with Crippen LogP contribution >= 0.6 is 11.3 Å². The van der Waals surface area contributed by atoms with Crippen molar-refractivity contribution in [3.8, 4) is 10.6 Å². The minimum absolute atomic E-state index is 0.0837. The third-order valence-electron chi connectivity index (χ3n) is 3.78. The van der Waals surface area contributed by atoms with Crippen LogP contribution in [0, 0.1) is 0 Å². The maximum absolute atomic E-state index is 11.1. The van der Waals surface area contributed by atoms with Crippen LogP contribution in [0.2, 0.25) is 0 Å². The Morgan fingerprint density at radius 3 is 2.44 bits per heavy atom. The Morgan fingerprint density at radius 2 is 1.80 bits per heavy atom. The molecule has 1 heterocycles. The van der Waals surface area contributed by atoms with E-state index < -0.39 is 5.91 Å². The van der Waals surface area contributed by atoms with E-state index in [0.717, 1.165) is 22.1 Å². The van der Waals surface area contributed by atoms with Crippen LogP contribution in [0.5, 0.6) is 0 Å². The fourth-order valence-electron chi connectivity index (χ4n) is 2.44. The summed E-state index contributed by atoms with van der Waals surface area (Å²) in [4.78, 5) is 11.1. The molecule has 0 spiro atoms. The highest BCUT2D eigenvalue weighted by Gasteiger charge is 2.12. The monoisotopic (exact) mass is 353 g/mol. The Morgan fingerprint density at radius 1 is 1.08 bits per heavy atom. The Bertz CT molecular complexity index is 832. The summed E-state index contributed by atoms with van der Waals surface area (Å²) in [5, 5.41) is 13.2. The van der Waals surface area contributed by atoms with Crippen LogP contribution < -0.4 is 16.8 Å². The van der Waals surface area contributed by atoms with Gasteiger partial charge in [-0.15, -0.1) is 10.2 Å². The number of carbonyl (C=O) groups excluding carboxylic acids is 1. The molecule has 25 heavy (non-hydrogen) atoms. The molecule has 1 amide bonds. The van der Waals surface area contributed by atoms with Crippen molar-refractivity contribution in [2.24, 2.45) is 11.5 Å². The number of nitrogens with two attached hydrogens (primary N) is 2.